The number of amides is 1. The molecule has 0 spiro atoms. The first-order valence-electron chi connectivity index (χ1n) is 8.48. The van der Waals surface area contributed by atoms with Crippen LogP contribution in [0, 0.1) is 0 Å². The van der Waals surface area contributed by atoms with Crippen molar-refractivity contribution in [3.8, 4) is 11.5 Å². The van der Waals surface area contributed by atoms with E-state index < -0.39 is 5.91 Å². The van der Waals surface area contributed by atoms with Crippen LogP contribution in [-0.4, -0.2) is 24.7 Å². The predicted molar refractivity (Wildman–Crippen MR) is 105 cm³/mol. The molecule has 1 amide bonds. The summed E-state index contributed by atoms with van der Waals surface area (Å²) in [6.45, 7) is 2.63. The highest BCUT2D eigenvalue weighted by atomic mass is 32.1. The maximum absolute atomic E-state index is 12.7. The Morgan fingerprint density at radius 1 is 1.15 bits per heavy atom. The summed E-state index contributed by atoms with van der Waals surface area (Å²) < 4.78 is 19.4. The van der Waals surface area contributed by atoms with Gasteiger partial charge in [-0.05, 0) is 31.2 Å². The molecule has 2 aromatic heterocycles. The Balaban J connectivity index is 1.90. The van der Waals surface area contributed by atoms with Crippen molar-refractivity contribution in [2.75, 3.05) is 14.2 Å². The number of methoxy groups -OCH3 is 2. The molecule has 0 saturated carbocycles. The van der Waals surface area contributed by atoms with Crippen LogP contribution in [0.25, 0.3) is 21.2 Å². The van der Waals surface area contributed by atoms with Crippen LogP contribution in [0.5, 0.6) is 11.5 Å². The number of aryl methyl sites for hydroxylation is 1. The fourth-order valence-corrected chi connectivity index (χ4v) is 4.26. The summed E-state index contributed by atoms with van der Waals surface area (Å²) in [5.74, 6) is 1.23. The molecular weight excluding hydrogens is 364 g/mol. The number of carbonyl (C=O) groups excluding carboxylic acids is 1. The van der Waals surface area contributed by atoms with Crippen LogP contribution in [0.4, 0.5) is 0 Å². The topological polar surface area (TPSA) is 66.0 Å². The molecule has 0 fully saturated rings. The molecule has 7 heteroatoms. The Morgan fingerprint density at radius 3 is 2.59 bits per heavy atom. The number of benzene rings is 2. The molecule has 0 N–H and O–H groups in total. The Labute approximate surface area is 159 Å². The Morgan fingerprint density at radius 2 is 1.89 bits per heavy atom. The Bertz CT molecular complexity index is 1180. The molecule has 0 aliphatic heterocycles. The van der Waals surface area contributed by atoms with Crippen molar-refractivity contribution >= 4 is 38.4 Å². The molecular formula is C20H18N2O4S. The first-order chi connectivity index (χ1) is 13.2. The second-order valence-corrected chi connectivity index (χ2v) is 6.82. The molecule has 0 bridgehead atoms. The van der Waals surface area contributed by atoms with Gasteiger partial charge in [0, 0.05) is 11.9 Å². The van der Waals surface area contributed by atoms with Gasteiger partial charge < -0.3 is 18.5 Å². The lowest BCUT2D eigenvalue weighted by Gasteiger charge is -2.08. The molecule has 0 aliphatic carbocycles. The van der Waals surface area contributed by atoms with Crippen LogP contribution >= 0.6 is 11.3 Å². The number of hydrogen-bond donors (Lipinski definition) is 0. The van der Waals surface area contributed by atoms with Crippen LogP contribution in [-0.2, 0) is 6.54 Å². The lowest BCUT2D eigenvalue weighted by molar-refractivity contribution is 0.0973. The third-order valence-electron chi connectivity index (χ3n) is 4.34. The van der Waals surface area contributed by atoms with E-state index in [1.165, 1.54) is 11.3 Å². The summed E-state index contributed by atoms with van der Waals surface area (Å²) in [5.41, 5.74) is 1.53. The van der Waals surface area contributed by atoms with E-state index in [9.17, 15) is 4.79 Å². The number of furan rings is 1. The van der Waals surface area contributed by atoms with E-state index in [-0.39, 0.29) is 5.76 Å². The maximum Gasteiger partial charge on any atom is 0.315 e. The second kappa shape index (κ2) is 6.92. The number of ether oxygens (including phenoxy) is 2. The summed E-state index contributed by atoms with van der Waals surface area (Å²) in [7, 11) is 3.24. The first-order valence-corrected chi connectivity index (χ1v) is 9.30. The molecule has 27 heavy (non-hydrogen) atoms. The maximum atomic E-state index is 12.7. The molecule has 2 heterocycles. The zero-order valence-electron chi connectivity index (χ0n) is 15.2. The number of aromatic nitrogens is 1. The summed E-state index contributed by atoms with van der Waals surface area (Å²) in [6.07, 6.45) is 0. The van der Waals surface area contributed by atoms with E-state index in [1.54, 1.807) is 20.3 Å². The van der Waals surface area contributed by atoms with E-state index in [0.29, 0.717) is 22.7 Å². The minimum absolute atomic E-state index is 0.218. The fraction of sp³-hybridized carbons (Fsp3) is 0.200. The molecule has 4 rings (SSSR count). The van der Waals surface area contributed by atoms with E-state index >= 15 is 0 Å². The highest BCUT2D eigenvalue weighted by Gasteiger charge is 2.17. The average molecular weight is 382 g/mol. The first kappa shape index (κ1) is 17.4. The van der Waals surface area contributed by atoms with Crippen molar-refractivity contribution in [3.63, 3.8) is 0 Å². The molecule has 0 aliphatic rings. The van der Waals surface area contributed by atoms with Crippen LogP contribution in [0.3, 0.4) is 0 Å². The standard InChI is InChI=1S/C20H18N2O4S/c1-4-22-17-14(24-2)9-10-15(25-3)18(17)27-20(22)21-19(23)16-11-12-7-5-6-8-13(12)26-16/h5-11H,4H2,1-3H3. The number of nitrogens with zero attached hydrogens (tertiary/aromatic N) is 2. The quantitative estimate of drug-likeness (QED) is 0.530. The summed E-state index contributed by atoms with van der Waals surface area (Å²) >= 11 is 1.39. The lowest BCUT2D eigenvalue weighted by atomic mass is 10.2. The molecule has 6 nitrogen and oxygen atoms in total. The van der Waals surface area contributed by atoms with Crippen molar-refractivity contribution in [3.05, 3.63) is 53.0 Å². The molecule has 0 atom stereocenters. The van der Waals surface area contributed by atoms with Crippen LogP contribution in [0.15, 0.2) is 51.9 Å². The molecule has 0 unspecified atom stereocenters. The molecule has 2 aromatic carbocycles. The van der Waals surface area contributed by atoms with Gasteiger partial charge in [0.1, 0.15) is 27.3 Å². The minimum Gasteiger partial charge on any atom is -0.495 e. The number of carbonyl (C=O) groups is 1. The van der Waals surface area contributed by atoms with Crippen LogP contribution in [0.1, 0.15) is 17.5 Å². The van der Waals surface area contributed by atoms with Gasteiger partial charge in [0.05, 0.1) is 14.2 Å². The smallest absolute Gasteiger partial charge is 0.315 e. The highest BCUT2D eigenvalue weighted by Crippen LogP contribution is 2.35. The lowest BCUT2D eigenvalue weighted by Crippen LogP contribution is -2.16. The molecule has 4 aromatic rings. The van der Waals surface area contributed by atoms with Gasteiger partial charge in [0.15, 0.2) is 10.6 Å². The molecule has 138 valence electrons. The summed E-state index contributed by atoms with van der Waals surface area (Å²) in [6, 6.07) is 12.9. The monoisotopic (exact) mass is 382 g/mol. The number of fused-ring (bicyclic) bond motifs is 2. The number of thiazole rings is 1. The van der Waals surface area contributed by atoms with Crippen molar-refractivity contribution in [1.82, 2.24) is 4.57 Å². The van der Waals surface area contributed by atoms with Crippen LogP contribution in [0.2, 0.25) is 0 Å². The van der Waals surface area contributed by atoms with Crippen molar-refractivity contribution in [1.29, 1.82) is 0 Å². The molecule has 0 radical (unpaired) electrons. The number of para-hydroxylation sites is 1. The third-order valence-corrected chi connectivity index (χ3v) is 5.43. The third kappa shape index (κ3) is 2.90. The minimum atomic E-state index is -0.419. The van der Waals surface area contributed by atoms with Gasteiger partial charge in [-0.15, -0.1) is 0 Å². The van der Waals surface area contributed by atoms with Gasteiger partial charge in [-0.25, -0.2) is 0 Å². The van der Waals surface area contributed by atoms with Gasteiger partial charge in [-0.3, -0.25) is 4.79 Å². The largest absolute Gasteiger partial charge is 0.495 e. The van der Waals surface area contributed by atoms with Crippen molar-refractivity contribution < 1.29 is 18.7 Å². The van der Waals surface area contributed by atoms with E-state index in [1.807, 2.05) is 47.9 Å². The van der Waals surface area contributed by atoms with Crippen LogP contribution < -0.4 is 14.3 Å². The average Bonchev–Trinajstić information content (AvgIpc) is 3.28. The zero-order valence-corrected chi connectivity index (χ0v) is 16.0. The summed E-state index contributed by atoms with van der Waals surface area (Å²) in [5, 5.41) is 0.874. The molecule has 0 saturated heterocycles. The number of rotatable bonds is 4. The van der Waals surface area contributed by atoms with Gasteiger partial charge in [-0.2, -0.15) is 4.99 Å². The normalized spacial score (nSPS) is 12.0. The highest BCUT2D eigenvalue weighted by molar-refractivity contribution is 7.16. The second-order valence-electron chi connectivity index (χ2n) is 5.84. The van der Waals surface area contributed by atoms with Gasteiger partial charge >= 0.3 is 5.91 Å². The van der Waals surface area contributed by atoms with Crippen molar-refractivity contribution in [2.45, 2.75) is 13.5 Å². The predicted octanol–water partition coefficient (Wildman–Crippen LogP) is 4.23. The summed E-state index contributed by atoms with van der Waals surface area (Å²) in [4.78, 5) is 17.6. The zero-order chi connectivity index (χ0) is 19.0. The Kier molecular flexibility index (Phi) is 4.45. The van der Waals surface area contributed by atoms with E-state index in [2.05, 4.69) is 4.99 Å². The Hall–Kier alpha value is -3.06. The van der Waals surface area contributed by atoms with E-state index in [0.717, 1.165) is 21.4 Å². The van der Waals surface area contributed by atoms with Gasteiger partial charge in [0.25, 0.3) is 0 Å². The van der Waals surface area contributed by atoms with Gasteiger partial charge in [0.2, 0.25) is 0 Å². The number of hydrogen-bond acceptors (Lipinski definition) is 5. The SMILES string of the molecule is CCn1c(=NC(=O)c2cc3ccccc3o2)sc2c(OC)ccc(OC)c21. The fourth-order valence-electron chi connectivity index (χ4n) is 3.06. The van der Waals surface area contributed by atoms with Crippen molar-refractivity contribution in [2.24, 2.45) is 4.99 Å². The van der Waals surface area contributed by atoms with Gasteiger partial charge in [-0.1, -0.05) is 29.5 Å². The van der Waals surface area contributed by atoms with E-state index in [4.69, 9.17) is 13.9 Å².